The van der Waals surface area contributed by atoms with Gasteiger partial charge < -0.3 is 10.1 Å². The topological polar surface area (TPSA) is 21.3 Å². The molecule has 2 nitrogen and oxygen atoms in total. The molecule has 0 amide bonds. The van der Waals surface area contributed by atoms with E-state index in [0.29, 0.717) is 12.1 Å². The van der Waals surface area contributed by atoms with Crippen molar-refractivity contribution < 1.29 is 4.74 Å². The number of alkyl halides is 1. The summed E-state index contributed by atoms with van der Waals surface area (Å²) in [6, 6.07) is 1.15. The van der Waals surface area contributed by atoms with Gasteiger partial charge in [-0.2, -0.15) is 0 Å². The standard InChI is InChI=1S/C9H20BrNO/c1-8(4-6-10)11-9(2)5-7-12-3/h8-9,11H,4-7H2,1-3H3. The molecule has 12 heavy (non-hydrogen) atoms. The summed E-state index contributed by atoms with van der Waals surface area (Å²) < 4.78 is 5.00. The summed E-state index contributed by atoms with van der Waals surface area (Å²) in [6.07, 6.45) is 2.26. The average molecular weight is 238 g/mol. The molecule has 0 rings (SSSR count). The Balaban J connectivity index is 3.33. The lowest BCUT2D eigenvalue weighted by Gasteiger charge is -2.18. The highest BCUT2D eigenvalue weighted by atomic mass is 79.9. The molecule has 0 fully saturated rings. The molecule has 0 bridgehead atoms. The van der Waals surface area contributed by atoms with Crippen molar-refractivity contribution in [3.8, 4) is 0 Å². The summed E-state index contributed by atoms with van der Waals surface area (Å²) >= 11 is 3.43. The van der Waals surface area contributed by atoms with E-state index < -0.39 is 0 Å². The highest BCUT2D eigenvalue weighted by Gasteiger charge is 2.05. The molecule has 2 unspecified atom stereocenters. The summed E-state index contributed by atoms with van der Waals surface area (Å²) in [5.74, 6) is 0. The van der Waals surface area contributed by atoms with Crippen molar-refractivity contribution in [3.63, 3.8) is 0 Å². The van der Waals surface area contributed by atoms with Crippen molar-refractivity contribution in [2.24, 2.45) is 0 Å². The van der Waals surface area contributed by atoms with E-state index >= 15 is 0 Å². The molecular formula is C9H20BrNO. The predicted octanol–water partition coefficient (Wildman–Crippen LogP) is 2.17. The summed E-state index contributed by atoms with van der Waals surface area (Å²) in [5.41, 5.74) is 0. The number of nitrogens with one attached hydrogen (secondary N) is 1. The van der Waals surface area contributed by atoms with Gasteiger partial charge in [0.15, 0.2) is 0 Å². The molecule has 74 valence electrons. The maximum Gasteiger partial charge on any atom is 0.0476 e. The van der Waals surface area contributed by atoms with Gasteiger partial charge in [0.2, 0.25) is 0 Å². The Morgan fingerprint density at radius 3 is 2.33 bits per heavy atom. The molecule has 0 aromatic carbocycles. The van der Waals surface area contributed by atoms with Gasteiger partial charge in [-0.15, -0.1) is 0 Å². The Hall–Kier alpha value is 0.400. The molecule has 2 atom stereocenters. The zero-order valence-corrected chi connectivity index (χ0v) is 9.86. The number of halogens is 1. The van der Waals surface area contributed by atoms with Gasteiger partial charge >= 0.3 is 0 Å². The Bertz CT molecular complexity index is 101. The number of methoxy groups -OCH3 is 1. The van der Waals surface area contributed by atoms with Crippen molar-refractivity contribution in [2.75, 3.05) is 19.0 Å². The van der Waals surface area contributed by atoms with Crippen LogP contribution in [0.5, 0.6) is 0 Å². The van der Waals surface area contributed by atoms with Crippen LogP contribution in [0, 0.1) is 0 Å². The molecule has 0 aliphatic carbocycles. The first-order chi connectivity index (χ1) is 5.70. The van der Waals surface area contributed by atoms with Gasteiger partial charge in [-0.05, 0) is 26.7 Å². The molecule has 0 aromatic heterocycles. The van der Waals surface area contributed by atoms with E-state index in [4.69, 9.17) is 4.74 Å². The Labute approximate surface area is 84.2 Å². The van der Waals surface area contributed by atoms with Crippen molar-refractivity contribution in [2.45, 2.75) is 38.8 Å². The summed E-state index contributed by atoms with van der Waals surface area (Å²) in [4.78, 5) is 0. The lowest BCUT2D eigenvalue weighted by Crippen LogP contribution is -2.35. The number of hydrogen-bond donors (Lipinski definition) is 1. The van der Waals surface area contributed by atoms with E-state index in [0.717, 1.165) is 18.4 Å². The molecule has 0 aromatic rings. The van der Waals surface area contributed by atoms with Crippen LogP contribution in [0.2, 0.25) is 0 Å². The maximum atomic E-state index is 5.00. The van der Waals surface area contributed by atoms with Crippen LogP contribution in [0.25, 0.3) is 0 Å². The fourth-order valence-electron chi connectivity index (χ4n) is 1.11. The Kier molecular flexibility index (Phi) is 8.29. The quantitative estimate of drug-likeness (QED) is 0.686. The van der Waals surface area contributed by atoms with Gasteiger partial charge in [0.05, 0.1) is 0 Å². The third-order valence-corrected chi connectivity index (χ3v) is 2.32. The summed E-state index contributed by atoms with van der Waals surface area (Å²) in [7, 11) is 1.74. The van der Waals surface area contributed by atoms with Crippen LogP contribution in [0.3, 0.4) is 0 Å². The number of hydrogen-bond acceptors (Lipinski definition) is 2. The van der Waals surface area contributed by atoms with E-state index in [9.17, 15) is 0 Å². The fraction of sp³-hybridized carbons (Fsp3) is 1.00. The minimum absolute atomic E-state index is 0.555. The zero-order valence-electron chi connectivity index (χ0n) is 8.27. The third-order valence-electron chi connectivity index (χ3n) is 1.87. The van der Waals surface area contributed by atoms with Crippen molar-refractivity contribution >= 4 is 15.9 Å². The molecule has 0 saturated heterocycles. The van der Waals surface area contributed by atoms with E-state index in [1.54, 1.807) is 7.11 Å². The van der Waals surface area contributed by atoms with E-state index in [2.05, 4.69) is 35.1 Å². The molecule has 0 aliphatic rings. The van der Waals surface area contributed by atoms with Gasteiger partial charge in [-0.3, -0.25) is 0 Å². The largest absolute Gasteiger partial charge is 0.385 e. The minimum atomic E-state index is 0.555. The molecule has 0 spiro atoms. The van der Waals surface area contributed by atoms with Crippen LogP contribution in [0.1, 0.15) is 26.7 Å². The smallest absolute Gasteiger partial charge is 0.0476 e. The van der Waals surface area contributed by atoms with Gasteiger partial charge in [0.25, 0.3) is 0 Å². The highest BCUT2D eigenvalue weighted by molar-refractivity contribution is 9.09. The number of ether oxygens (including phenoxy) is 1. The van der Waals surface area contributed by atoms with Crippen LogP contribution < -0.4 is 5.32 Å². The van der Waals surface area contributed by atoms with Gasteiger partial charge in [0.1, 0.15) is 0 Å². The lowest BCUT2D eigenvalue weighted by molar-refractivity contribution is 0.183. The zero-order chi connectivity index (χ0) is 9.40. The van der Waals surface area contributed by atoms with Gasteiger partial charge in [0, 0.05) is 31.1 Å². The normalized spacial score (nSPS) is 16.0. The third kappa shape index (κ3) is 7.07. The summed E-state index contributed by atoms with van der Waals surface area (Å²) in [5, 5.41) is 4.57. The van der Waals surface area contributed by atoms with Crippen LogP contribution in [0.4, 0.5) is 0 Å². The average Bonchev–Trinajstić information content (AvgIpc) is 2.01. The molecule has 0 heterocycles. The first-order valence-corrected chi connectivity index (χ1v) is 5.63. The second-order valence-corrected chi connectivity index (χ2v) is 4.02. The molecule has 0 saturated carbocycles. The summed E-state index contributed by atoms with van der Waals surface area (Å²) in [6.45, 7) is 5.25. The maximum absolute atomic E-state index is 5.00. The van der Waals surface area contributed by atoms with Crippen LogP contribution in [0.15, 0.2) is 0 Å². The van der Waals surface area contributed by atoms with Gasteiger partial charge in [-0.25, -0.2) is 0 Å². The Morgan fingerprint density at radius 1 is 1.25 bits per heavy atom. The van der Waals surface area contributed by atoms with E-state index in [1.807, 2.05) is 0 Å². The lowest BCUT2D eigenvalue weighted by atomic mass is 10.2. The fourth-order valence-corrected chi connectivity index (χ4v) is 1.80. The molecule has 0 radical (unpaired) electrons. The van der Waals surface area contributed by atoms with Crippen molar-refractivity contribution in [1.82, 2.24) is 5.32 Å². The van der Waals surface area contributed by atoms with Crippen LogP contribution in [-0.4, -0.2) is 31.1 Å². The minimum Gasteiger partial charge on any atom is -0.385 e. The first-order valence-electron chi connectivity index (χ1n) is 4.51. The number of rotatable bonds is 7. The first kappa shape index (κ1) is 12.4. The molecule has 3 heteroatoms. The van der Waals surface area contributed by atoms with Crippen molar-refractivity contribution in [3.05, 3.63) is 0 Å². The second-order valence-electron chi connectivity index (χ2n) is 3.23. The van der Waals surface area contributed by atoms with Crippen LogP contribution >= 0.6 is 15.9 Å². The Morgan fingerprint density at radius 2 is 1.83 bits per heavy atom. The van der Waals surface area contributed by atoms with Gasteiger partial charge in [-0.1, -0.05) is 15.9 Å². The predicted molar refractivity (Wildman–Crippen MR) is 57.0 cm³/mol. The van der Waals surface area contributed by atoms with E-state index in [-0.39, 0.29) is 0 Å². The van der Waals surface area contributed by atoms with Crippen molar-refractivity contribution in [1.29, 1.82) is 0 Å². The molecular weight excluding hydrogens is 218 g/mol. The SMILES string of the molecule is COCCC(C)NC(C)CCBr. The van der Waals surface area contributed by atoms with E-state index in [1.165, 1.54) is 6.42 Å². The molecule has 0 aliphatic heterocycles. The van der Waals surface area contributed by atoms with Crippen LogP contribution in [-0.2, 0) is 4.74 Å². The molecule has 1 N–H and O–H groups in total. The highest BCUT2D eigenvalue weighted by Crippen LogP contribution is 1.99. The second kappa shape index (κ2) is 8.02. The monoisotopic (exact) mass is 237 g/mol.